The van der Waals surface area contributed by atoms with Crippen LogP contribution in [0.5, 0.6) is 5.75 Å². The number of amides is 1. The van der Waals surface area contributed by atoms with Crippen LogP contribution in [0.1, 0.15) is 16.7 Å². The molecule has 142 valence electrons. The Labute approximate surface area is 170 Å². The summed E-state index contributed by atoms with van der Waals surface area (Å²) in [5.41, 5.74) is 3.32. The zero-order valence-corrected chi connectivity index (χ0v) is 16.3. The number of benzene rings is 3. The summed E-state index contributed by atoms with van der Waals surface area (Å²) in [5.74, 6) is 2.48. The molecule has 1 amide bonds. The second-order valence-corrected chi connectivity index (χ2v) is 6.63. The number of nitrogens with one attached hydrogen (secondary N) is 1. The maximum atomic E-state index is 12.8. The fourth-order valence-electron chi connectivity index (χ4n) is 3.11. The lowest BCUT2D eigenvalue weighted by Crippen LogP contribution is -2.14. The van der Waals surface area contributed by atoms with Crippen molar-refractivity contribution in [3.05, 3.63) is 76.9 Å². The zero-order chi connectivity index (χ0) is 20.8. The van der Waals surface area contributed by atoms with Crippen LogP contribution in [-0.4, -0.2) is 12.5 Å². The summed E-state index contributed by atoms with van der Waals surface area (Å²) >= 11 is 0. The normalized spacial score (nSPS) is 10.8. The molecule has 0 spiro atoms. The molecule has 0 unspecified atom stereocenters. The van der Waals surface area contributed by atoms with Crippen molar-refractivity contribution in [1.82, 2.24) is 0 Å². The number of hydrogen-bond donors (Lipinski definition) is 1. The average molecular weight is 380 g/mol. The molecular weight excluding hydrogens is 360 g/mol. The lowest BCUT2D eigenvalue weighted by Gasteiger charge is -2.12. The molecule has 0 bridgehead atoms. The molecule has 0 fully saturated rings. The molecule has 29 heavy (non-hydrogen) atoms. The Morgan fingerprint density at radius 3 is 2.69 bits per heavy atom. The van der Waals surface area contributed by atoms with Gasteiger partial charge in [0, 0.05) is 11.3 Å². The van der Waals surface area contributed by atoms with E-state index in [4.69, 9.17) is 11.2 Å². The van der Waals surface area contributed by atoms with Gasteiger partial charge in [-0.1, -0.05) is 53.9 Å². The molecule has 0 aromatic heterocycles. The van der Waals surface area contributed by atoms with Crippen LogP contribution in [0.15, 0.2) is 60.2 Å². The Hall–Kier alpha value is -4.02. The number of rotatable bonds is 5. The van der Waals surface area contributed by atoms with Crippen LogP contribution < -0.4 is 10.1 Å². The number of nitrogens with zero attached hydrogens (tertiary/aromatic N) is 1. The Kier molecular flexibility index (Phi) is 5.97. The van der Waals surface area contributed by atoms with Crippen molar-refractivity contribution >= 4 is 28.4 Å². The second-order valence-electron chi connectivity index (χ2n) is 6.63. The molecule has 0 heterocycles. The fourth-order valence-corrected chi connectivity index (χ4v) is 3.11. The summed E-state index contributed by atoms with van der Waals surface area (Å²) in [4.78, 5) is 12.8. The number of terminal acetylenes is 1. The van der Waals surface area contributed by atoms with Crippen molar-refractivity contribution in [3.63, 3.8) is 0 Å². The van der Waals surface area contributed by atoms with Crippen LogP contribution in [0.25, 0.3) is 16.8 Å². The SMILES string of the molecule is C#CCOc1ccc2ccccc2c1/C=C(\C#N)C(=O)Nc1ccc(C)cc1C. The zero-order valence-electron chi connectivity index (χ0n) is 16.3. The standard InChI is InChI=1S/C25H20N2O2/c1-4-13-29-24-12-10-19-7-5-6-8-21(19)22(24)15-20(16-26)25(28)27-23-11-9-17(2)14-18(23)3/h1,5-12,14-15H,13H2,2-3H3,(H,27,28)/b20-15+. The molecule has 0 radical (unpaired) electrons. The summed E-state index contributed by atoms with van der Waals surface area (Å²) in [6.45, 7) is 3.99. The van der Waals surface area contributed by atoms with Gasteiger partial charge in [-0.25, -0.2) is 0 Å². The number of aryl methyl sites for hydroxylation is 2. The first-order valence-corrected chi connectivity index (χ1v) is 9.12. The molecule has 3 aromatic carbocycles. The highest BCUT2D eigenvalue weighted by Gasteiger charge is 2.14. The monoisotopic (exact) mass is 380 g/mol. The lowest BCUT2D eigenvalue weighted by atomic mass is 10.0. The van der Waals surface area contributed by atoms with Crippen molar-refractivity contribution in [1.29, 1.82) is 5.26 Å². The Morgan fingerprint density at radius 1 is 1.17 bits per heavy atom. The van der Waals surface area contributed by atoms with Gasteiger partial charge in [-0.3, -0.25) is 4.79 Å². The van der Waals surface area contributed by atoms with Gasteiger partial charge in [-0.2, -0.15) is 5.26 Å². The molecule has 4 nitrogen and oxygen atoms in total. The predicted molar refractivity (Wildman–Crippen MR) is 116 cm³/mol. The van der Waals surface area contributed by atoms with E-state index >= 15 is 0 Å². The van der Waals surface area contributed by atoms with Crippen molar-refractivity contribution in [2.75, 3.05) is 11.9 Å². The van der Waals surface area contributed by atoms with E-state index < -0.39 is 5.91 Å². The van der Waals surface area contributed by atoms with E-state index in [0.717, 1.165) is 21.9 Å². The van der Waals surface area contributed by atoms with E-state index in [1.54, 1.807) is 12.1 Å². The molecule has 0 atom stereocenters. The molecule has 0 aliphatic heterocycles. The lowest BCUT2D eigenvalue weighted by molar-refractivity contribution is -0.112. The number of carbonyl (C=O) groups excluding carboxylic acids is 1. The highest BCUT2D eigenvalue weighted by molar-refractivity contribution is 6.11. The summed E-state index contributed by atoms with van der Waals surface area (Å²) < 4.78 is 5.65. The fraction of sp³-hybridized carbons (Fsp3) is 0.120. The van der Waals surface area contributed by atoms with Gasteiger partial charge in [-0.05, 0) is 48.4 Å². The molecule has 0 aliphatic carbocycles. The van der Waals surface area contributed by atoms with Gasteiger partial charge in [0.15, 0.2) is 0 Å². The van der Waals surface area contributed by atoms with Gasteiger partial charge in [0.25, 0.3) is 5.91 Å². The molecule has 0 aliphatic rings. The first kappa shape index (κ1) is 19.7. The quantitative estimate of drug-likeness (QED) is 0.384. The van der Waals surface area contributed by atoms with Crippen molar-refractivity contribution in [3.8, 4) is 24.2 Å². The van der Waals surface area contributed by atoms with Crippen molar-refractivity contribution < 1.29 is 9.53 Å². The third-order valence-electron chi connectivity index (χ3n) is 4.53. The summed E-state index contributed by atoms with van der Waals surface area (Å²) in [6, 6.07) is 19.1. The summed E-state index contributed by atoms with van der Waals surface area (Å²) in [6.07, 6.45) is 6.87. The first-order chi connectivity index (χ1) is 14.0. The van der Waals surface area contributed by atoms with E-state index in [2.05, 4.69) is 11.2 Å². The van der Waals surface area contributed by atoms with E-state index in [0.29, 0.717) is 17.0 Å². The first-order valence-electron chi connectivity index (χ1n) is 9.12. The minimum Gasteiger partial charge on any atom is -0.480 e. The average Bonchev–Trinajstić information content (AvgIpc) is 2.72. The number of fused-ring (bicyclic) bond motifs is 1. The number of anilines is 1. The molecular formula is C25H20N2O2. The van der Waals surface area contributed by atoms with E-state index in [-0.39, 0.29) is 12.2 Å². The molecule has 4 heteroatoms. The maximum Gasteiger partial charge on any atom is 0.266 e. The van der Waals surface area contributed by atoms with E-state index in [1.807, 2.05) is 68.4 Å². The molecule has 0 saturated carbocycles. The maximum absolute atomic E-state index is 12.8. The molecule has 1 N–H and O–H groups in total. The highest BCUT2D eigenvalue weighted by atomic mass is 16.5. The number of ether oxygens (including phenoxy) is 1. The number of hydrogen-bond acceptors (Lipinski definition) is 3. The molecule has 3 rings (SSSR count). The van der Waals surface area contributed by atoms with Gasteiger partial charge in [0.05, 0.1) is 0 Å². The minimum atomic E-state index is -0.477. The van der Waals surface area contributed by atoms with Crippen molar-refractivity contribution in [2.24, 2.45) is 0 Å². The minimum absolute atomic E-state index is 0.0214. The van der Waals surface area contributed by atoms with Crippen LogP contribution in [0.2, 0.25) is 0 Å². The second kappa shape index (κ2) is 8.78. The smallest absolute Gasteiger partial charge is 0.266 e. The Morgan fingerprint density at radius 2 is 1.97 bits per heavy atom. The summed E-state index contributed by atoms with van der Waals surface area (Å²) in [5, 5.41) is 14.3. The van der Waals surface area contributed by atoms with Gasteiger partial charge in [0.2, 0.25) is 0 Å². The highest BCUT2D eigenvalue weighted by Crippen LogP contribution is 2.30. The Balaban J connectivity index is 2.04. The van der Waals surface area contributed by atoms with Crippen LogP contribution in [-0.2, 0) is 4.79 Å². The topological polar surface area (TPSA) is 62.1 Å². The largest absolute Gasteiger partial charge is 0.480 e. The van der Waals surface area contributed by atoms with Crippen LogP contribution >= 0.6 is 0 Å². The van der Waals surface area contributed by atoms with Gasteiger partial charge in [-0.15, -0.1) is 6.42 Å². The van der Waals surface area contributed by atoms with Crippen LogP contribution in [0, 0.1) is 37.5 Å². The van der Waals surface area contributed by atoms with Crippen LogP contribution in [0.4, 0.5) is 5.69 Å². The predicted octanol–water partition coefficient (Wildman–Crippen LogP) is 5.01. The summed E-state index contributed by atoms with van der Waals surface area (Å²) in [7, 11) is 0. The number of carbonyl (C=O) groups is 1. The van der Waals surface area contributed by atoms with Crippen molar-refractivity contribution in [2.45, 2.75) is 13.8 Å². The van der Waals surface area contributed by atoms with Gasteiger partial charge < -0.3 is 10.1 Å². The van der Waals surface area contributed by atoms with Gasteiger partial charge in [0.1, 0.15) is 24.0 Å². The third kappa shape index (κ3) is 4.46. The number of nitriles is 1. The van der Waals surface area contributed by atoms with E-state index in [9.17, 15) is 10.1 Å². The molecule has 0 saturated heterocycles. The third-order valence-corrected chi connectivity index (χ3v) is 4.53. The van der Waals surface area contributed by atoms with E-state index in [1.165, 1.54) is 0 Å². The molecule has 3 aromatic rings. The van der Waals surface area contributed by atoms with Gasteiger partial charge >= 0.3 is 0 Å². The Bertz CT molecular complexity index is 1190. The van der Waals surface area contributed by atoms with Crippen LogP contribution in [0.3, 0.4) is 0 Å².